The van der Waals surface area contributed by atoms with Gasteiger partial charge in [-0.15, -0.1) is 0 Å². The second-order valence-corrected chi connectivity index (χ2v) is 5.92. The number of piperidine rings is 1. The van der Waals surface area contributed by atoms with Crippen LogP contribution in [0.4, 0.5) is 4.39 Å². The molecule has 1 aliphatic rings. The lowest BCUT2D eigenvalue weighted by atomic mass is 10.0. The third kappa shape index (κ3) is 2.94. The zero-order chi connectivity index (χ0) is 14.8. The molecular weight excluding hydrogens is 267 g/mol. The SMILES string of the molecule is CC1CCCCN1Cc1nc2cc(F)ccc2n1CCN. The van der Waals surface area contributed by atoms with Crippen LogP contribution in [0, 0.1) is 5.82 Å². The summed E-state index contributed by atoms with van der Waals surface area (Å²) in [4.78, 5) is 7.11. The minimum Gasteiger partial charge on any atom is -0.329 e. The fraction of sp³-hybridized carbons (Fsp3) is 0.562. The van der Waals surface area contributed by atoms with Gasteiger partial charge in [-0.3, -0.25) is 4.90 Å². The van der Waals surface area contributed by atoms with Gasteiger partial charge in [0.05, 0.1) is 17.6 Å². The Balaban J connectivity index is 1.94. The van der Waals surface area contributed by atoms with Gasteiger partial charge in [0, 0.05) is 25.2 Å². The first-order valence-electron chi connectivity index (χ1n) is 7.78. The monoisotopic (exact) mass is 290 g/mol. The number of aromatic nitrogens is 2. The number of fused-ring (bicyclic) bond motifs is 1. The standard InChI is InChI=1S/C16H23FN4/c1-12-4-2-3-8-20(12)11-16-19-14-10-13(17)5-6-15(14)21(16)9-7-18/h5-6,10,12H,2-4,7-9,11,18H2,1H3. The van der Waals surface area contributed by atoms with Crippen LogP contribution in [0.5, 0.6) is 0 Å². The zero-order valence-corrected chi connectivity index (χ0v) is 12.6. The molecule has 2 heterocycles. The predicted molar refractivity (Wildman–Crippen MR) is 82.5 cm³/mol. The minimum atomic E-state index is -0.238. The van der Waals surface area contributed by atoms with Crippen molar-refractivity contribution in [3.63, 3.8) is 0 Å². The fourth-order valence-electron chi connectivity index (χ4n) is 3.23. The zero-order valence-electron chi connectivity index (χ0n) is 12.6. The minimum absolute atomic E-state index is 0.238. The molecule has 0 aliphatic carbocycles. The lowest BCUT2D eigenvalue weighted by Crippen LogP contribution is -2.37. The summed E-state index contributed by atoms with van der Waals surface area (Å²) in [6, 6.07) is 5.38. The molecule has 1 aromatic carbocycles. The molecule has 21 heavy (non-hydrogen) atoms. The highest BCUT2D eigenvalue weighted by Gasteiger charge is 2.21. The Bertz CT molecular complexity index is 622. The van der Waals surface area contributed by atoms with Crippen molar-refractivity contribution in [3.05, 3.63) is 29.8 Å². The van der Waals surface area contributed by atoms with E-state index >= 15 is 0 Å². The van der Waals surface area contributed by atoms with Crippen LogP contribution in [0.1, 0.15) is 32.0 Å². The molecule has 2 N–H and O–H groups in total. The van der Waals surface area contributed by atoms with Gasteiger partial charge in [-0.25, -0.2) is 9.37 Å². The molecule has 114 valence electrons. The highest BCUT2D eigenvalue weighted by atomic mass is 19.1. The van der Waals surface area contributed by atoms with E-state index < -0.39 is 0 Å². The van der Waals surface area contributed by atoms with Crippen LogP contribution in [0.2, 0.25) is 0 Å². The summed E-state index contributed by atoms with van der Waals surface area (Å²) in [6.07, 6.45) is 3.80. The van der Waals surface area contributed by atoms with Crippen LogP contribution in [-0.2, 0) is 13.1 Å². The normalized spacial score (nSPS) is 20.2. The molecule has 4 nitrogen and oxygen atoms in total. The molecule has 1 saturated heterocycles. The lowest BCUT2D eigenvalue weighted by molar-refractivity contribution is 0.147. The number of halogens is 1. The van der Waals surface area contributed by atoms with Gasteiger partial charge < -0.3 is 10.3 Å². The number of rotatable bonds is 4. The topological polar surface area (TPSA) is 47.1 Å². The molecule has 5 heteroatoms. The fourth-order valence-corrected chi connectivity index (χ4v) is 3.23. The molecule has 1 aromatic heterocycles. The first-order valence-corrected chi connectivity index (χ1v) is 7.78. The number of nitrogens with zero attached hydrogens (tertiary/aromatic N) is 3. The van der Waals surface area contributed by atoms with Crippen LogP contribution in [0.3, 0.4) is 0 Å². The number of imidazole rings is 1. The van der Waals surface area contributed by atoms with Crippen LogP contribution in [0.25, 0.3) is 11.0 Å². The van der Waals surface area contributed by atoms with E-state index in [1.807, 2.05) is 0 Å². The van der Waals surface area contributed by atoms with Crippen molar-refractivity contribution >= 4 is 11.0 Å². The van der Waals surface area contributed by atoms with E-state index in [4.69, 9.17) is 5.73 Å². The summed E-state index contributed by atoms with van der Waals surface area (Å²) in [6.45, 7) is 5.48. The van der Waals surface area contributed by atoms with E-state index in [-0.39, 0.29) is 5.82 Å². The molecule has 0 spiro atoms. The third-order valence-corrected chi connectivity index (χ3v) is 4.43. The van der Waals surface area contributed by atoms with Crippen molar-refractivity contribution in [2.75, 3.05) is 13.1 Å². The van der Waals surface area contributed by atoms with E-state index in [2.05, 4.69) is 21.4 Å². The number of nitrogens with two attached hydrogens (primary N) is 1. The summed E-state index contributed by atoms with van der Waals surface area (Å²) in [5.41, 5.74) is 7.43. The van der Waals surface area contributed by atoms with Crippen molar-refractivity contribution in [1.82, 2.24) is 14.5 Å². The van der Waals surface area contributed by atoms with Gasteiger partial charge in [0.2, 0.25) is 0 Å². The van der Waals surface area contributed by atoms with Crippen LogP contribution < -0.4 is 5.73 Å². The van der Waals surface area contributed by atoms with E-state index in [0.717, 1.165) is 36.5 Å². The van der Waals surface area contributed by atoms with Gasteiger partial charge in [-0.05, 0) is 38.4 Å². The van der Waals surface area contributed by atoms with Gasteiger partial charge in [0.15, 0.2) is 0 Å². The number of hydrogen-bond donors (Lipinski definition) is 1. The maximum Gasteiger partial charge on any atom is 0.125 e. The summed E-state index contributed by atoms with van der Waals surface area (Å²) < 4.78 is 15.5. The first-order chi connectivity index (χ1) is 10.2. The maximum absolute atomic E-state index is 13.4. The maximum atomic E-state index is 13.4. The molecule has 1 aliphatic heterocycles. The molecule has 3 rings (SSSR count). The first kappa shape index (κ1) is 14.5. The molecule has 1 unspecified atom stereocenters. The quantitative estimate of drug-likeness (QED) is 0.941. The largest absolute Gasteiger partial charge is 0.329 e. The highest BCUT2D eigenvalue weighted by molar-refractivity contribution is 5.76. The number of likely N-dealkylation sites (tertiary alicyclic amines) is 1. The Morgan fingerprint density at radius 3 is 3.00 bits per heavy atom. The van der Waals surface area contributed by atoms with Crippen molar-refractivity contribution in [3.8, 4) is 0 Å². The number of benzene rings is 1. The van der Waals surface area contributed by atoms with Gasteiger partial charge >= 0.3 is 0 Å². The van der Waals surface area contributed by atoms with Crippen LogP contribution in [0.15, 0.2) is 18.2 Å². The van der Waals surface area contributed by atoms with Crippen molar-refractivity contribution in [2.24, 2.45) is 5.73 Å². The van der Waals surface area contributed by atoms with Gasteiger partial charge in [0.1, 0.15) is 11.6 Å². The summed E-state index contributed by atoms with van der Waals surface area (Å²) >= 11 is 0. The van der Waals surface area contributed by atoms with E-state index in [9.17, 15) is 4.39 Å². The average molecular weight is 290 g/mol. The van der Waals surface area contributed by atoms with Crippen molar-refractivity contribution in [2.45, 2.75) is 45.3 Å². The predicted octanol–water partition coefficient (Wildman–Crippen LogP) is 2.51. The summed E-state index contributed by atoms with van der Waals surface area (Å²) in [5, 5.41) is 0. The molecule has 0 bridgehead atoms. The van der Waals surface area contributed by atoms with Crippen LogP contribution >= 0.6 is 0 Å². The van der Waals surface area contributed by atoms with Crippen molar-refractivity contribution < 1.29 is 4.39 Å². The highest BCUT2D eigenvalue weighted by Crippen LogP contribution is 2.22. The molecule has 1 fully saturated rings. The molecule has 0 saturated carbocycles. The Morgan fingerprint density at radius 1 is 1.38 bits per heavy atom. The van der Waals surface area contributed by atoms with Gasteiger partial charge in [-0.1, -0.05) is 6.42 Å². The lowest BCUT2D eigenvalue weighted by Gasteiger charge is -2.33. The molecular formula is C16H23FN4. The number of hydrogen-bond acceptors (Lipinski definition) is 3. The third-order valence-electron chi connectivity index (χ3n) is 4.43. The van der Waals surface area contributed by atoms with E-state index in [0.29, 0.717) is 12.6 Å². The van der Waals surface area contributed by atoms with E-state index in [1.54, 1.807) is 6.07 Å². The molecule has 2 aromatic rings. The van der Waals surface area contributed by atoms with Gasteiger partial charge in [-0.2, -0.15) is 0 Å². The Morgan fingerprint density at radius 2 is 2.24 bits per heavy atom. The van der Waals surface area contributed by atoms with Crippen LogP contribution in [-0.4, -0.2) is 33.6 Å². The summed E-state index contributed by atoms with van der Waals surface area (Å²) in [7, 11) is 0. The van der Waals surface area contributed by atoms with Crippen molar-refractivity contribution in [1.29, 1.82) is 0 Å². The molecule has 0 amide bonds. The van der Waals surface area contributed by atoms with Gasteiger partial charge in [0.25, 0.3) is 0 Å². The Hall–Kier alpha value is -1.46. The smallest absolute Gasteiger partial charge is 0.125 e. The Kier molecular flexibility index (Phi) is 4.22. The average Bonchev–Trinajstić information content (AvgIpc) is 2.79. The Labute approximate surface area is 124 Å². The molecule has 1 atom stereocenters. The second-order valence-electron chi connectivity index (χ2n) is 5.92. The molecule has 0 radical (unpaired) electrons. The van der Waals surface area contributed by atoms with E-state index in [1.165, 1.54) is 31.4 Å². The second kappa shape index (κ2) is 6.12. The summed E-state index contributed by atoms with van der Waals surface area (Å²) in [5.74, 6) is 0.757.